The van der Waals surface area contributed by atoms with Gasteiger partial charge in [-0.25, -0.2) is 0 Å². The van der Waals surface area contributed by atoms with Crippen molar-refractivity contribution in [2.24, 2.45) is 0 Å². The molecule has 0 unspecified atom stereocenters. The first-order valence-corrected chi connectivity index (χ1v) is 7.63. The molecule has 1 N–H and O–H groups in total. The molecule has 1 atom stereocenters. The van der Waals surface area contributed by atoms with Crippen molar-refractivity contribution >= 4 is 34.8 Å². The van der Waals surface area contributed by atoms with Crippen LogP contribution in [-0.4, -0.2) is 12.0 Å². The monoisotopic (exact) mass is 337 g/mol. The molecule has 0 fully saturated rings. The van der Waals surface area contributed by atoms with E-state index in [1.807, 2.05) is 32.0 Å². The van der Waals surface area contributed by atoms with Gasteiger partial charge in [-0.05, 0) is 44.5 Å². The van der Waals surface area contributed by atoms with E-state index in [0.29, 0.717) is 21.5 Å². The highest BCUT2D eigenvalue weighted by Crippen LogP contribution is 2.29. The molecule has 0 bridgehead atoms. The molecule has 0 radical (unpaired) electrons. The molecule has 2 aromatic carbocycles. The van der Waals surface area contributed by atoms with Crippen LogP contribution in [0.5, 0.6) is 5.75 Å². The van der Waals surface area contributed by atoms with Gasteiger partial charge in [0.25, 0.3) is 5.91 Å². The predicted octanol–water partition coefficient (Wildman–Crippen LogP) is 5.02. The zero-order valence-electron chi connectivity index (χ0n) is 12.6. The van der Waals surface area contributed by atoms with Crippen molar-refractivity contribution in [1.29, 1.82) is 0 Å². The molecule has 2 aromatic rings. The van der Waals surface area contributed by atoms with Crippen molar-refractivity contribution in [2.45, 2.75) is 26.9 Å². The van der Waals surface area contributed by atoms with Gasteiger partial charge in [-0.2, -0.15) is 0 Å². The number of nitrogens with one attached hydrogen (secondary N) is 1. The second kappa shape index (κ2) is 7.03. The van der Waals surface area contributed by atoms with Gasteiger partial charge in [0.2, 0.25) is 0 Å². The number of carbonyl (C=O) groups is 1. The van der Waals surface area contributed by atoms with Crippen molar-refractivity contribution < 1.29 is 9.53 Å². The number of ether oxygens (including phenoxy) is 1. The van der Waals surface area contributed by atoms with E-state index in [9.17, 15) is 4.79 Å². The van der Waals surface area contributed by atoms with Crippen molar-refractivity contribution in [1.82, 2.24) is 0 Å². The second-order valence-corrected chi connectivity index (χ2v) is 5.90. The third kappa shape index (κ3) is 3.93. The van der Waals surface area contributed by atoms with Crippen LogP contribution in [0.15, 0.2) is 36.4 Å². The lowest BCUT2D eigenvalue weighted by atomic mass is 10.1. The van der Waals surface area contributed by atoms with E-state index >= 15 is 0 Å². The smallest absolute Gasteiger partial charge is 0.265 e. The molecule has 0 aliphatic carbocycles. The van der Waals surface area contributed by atoms with E-state index in [2.05, 4.69) is 5.32 Å². The largest absolute Gasteiger partial charge is 0.481 e. The van der Waals surface area contributed by atoms with Crippen molar-refractivity contribution in [2.75, 3.05) is 5.32 Å². The summed E-state index contributed by atoms with van der Waals surface area (Å²) in [7, 11) is 0. The van der Waals surface area contributed by atoms with Crippen LogP contribution in [0.25, 0.3) is 0 Å². The summed E-state index contributed by atoms with van der Waals surface area (Å²) in [5.74, 6) is 0.398. The van der Waals surface area contributed by atoms with E-state index in [1.165, 1.54) is 0 Å². The molecule has 5 heteroatoms. The molecule has 1 amide bonds. The Labute approximate surface area is 140 Å². The van der Waals surface area contributed by atoms with Gasteiger partial charge in [0.05, 0.1) is 15.7 Å². The number of aryl methyl sites for hydroxylation is 2. The lowest BCUT2D eigenvalue weighted by molar-refractivity contribution is -0.122. The summed E-state index contributed by atoms with van der Waals surface area (Å²) in [6, 6.07) is 10.9. The summed E-state index contributed by atoms with van der Waals surface area (Å²) in [6.07, 6.45) is -0.656. The second-order valence-electron chi connectivity index (χ2n) is 5.12. The van der Waals surface area contributed by atoms with E-state index in [1.54, 1.807) is 25.1 Å². The fourth-order valence-corrected chi connectivity index (χ4v) is 2.36. The normalized spacial score (nSPS) is 11.9. The summed E-state index contributed by atoms with van der Waals surface area (Å²) in [5, 5.41) is 3.43. The molecule has 116 valence electrons. The highest BCUT2D eigenvalue weighted by molar-refractivity contribution is 6.44. The fraction of sp³-hybridized carbons (Fsp3) is 0.235. The average Bonchev–Trinajstić information content (AvgIpc) is 2.46. The van der Waals surface area contributed by atoms with E-state index in [4.69, 9.17) is 27.9 Å². The first-order valence-electron chi connectivity index (χ1n) is 6.87. The quantitative estimate of drug-likeness (QED) is 0.850. The van der Waals surface area contributed by atoms with Crippen LogP contribution in [0.1, 0.15) is 18.1 Å². The van der Waals surface area contributed by atoms with Crippen LogP contribution < -0.4 is 10.1 Å². The minimum Gasteiger partial charge on any atom is -0.481 e. The Morgan fingerprint density at radius 1 is 1.18 bits per heavy atom. The lowest BCUT2D eigenvalue weighted by Gasteiger charge is -2.17. The minimum atomic E-state index is -0.656. The van der Waals surface area contributed by atoms with Crippen LogP contribution in [0.4, 0.5) is 5.69 Å². The van der Waals surface area contributed by atoms with Gasteiger partial charge < -0.3 is 10.1 Å². The van der Waals surface area contributed by atoms with Gasteiger partial charge in [-0.15, -0.1) is 0 Å². The maximum atomic E-state index is 12.2. The number of carbonyl (C=O) groups excluding carboxylic acids is 1. The SMILES string of the molecule is Cc1ccc(O[C@@H](C)C(=O)Nc2cccc(Cl)c2Cl)c(C)c1. The molecular formula is C17H17Cl2NO2. The van der Waals surface area contributed by atoms with Crippen LogP contribution in [0.2, 0.25) is 10.0 Å². The third-order valence-electron chi connectivity index (χ3n) is 3.21. The van der Waals surface area contributed by atoms with Gasteiger partial charge in [0, 0.05) is 0 Å². The van der Waals surface area contributed by atoms with Gasteiger partial charge in [0.1, 0.15) is 5.75 Å². The maximum absolute atomic E-state index is 12.2. The third-order valence-corrected chi connectivity index (χ3v) is 4.03. The zero-order valence-corrected chi connectivity index (χ0v) is 14.1. The first kappa shape index (κ1) is 16.7. The highest BCUT2D eigenvalue weighted by Gasteiger charge is 2.17. The first-order chi connectivity index (χ1) is 10.4. The van der Waals surface area contributed by atoms with Crippen molar-refractivity contribution in [3.63, 3.8) is 0 Å². The Balaban J connectivity index is 2.07. The zero-order chi connectivity index (χ0) is 16.3. The van der Waals surface area contributed by atoms with Gasteiger partial charge in [-0.3, -0.25) is 4.79 Å². The molecule has 0 aromatic heterocycles. The number of halogens is 2. The molecule has 0 aliphatic rings. The summed E-state index contributed by atoms with van der Waals surface area (Å²) in [6.45, 7) is 5.64. The number of hydrogen-bond donors (Lipinski definition) is 1. The van der Waals surface area contributed by atoms with Crippen LogP contribution >= 0.6 is 23.2 Å². The molecule has 2 rings (SSSR count). The van der Waals surface area contributed by atoms with Crippen LogP contribution in [0, 0.1) is 13.8 Å². The van der Waals surface area contributed by atoms with Crippen LogP contribution in [0.3, 0.4) is 0 Å². The lowest BCUT2D eigenvalue weighted by Crippen LogP contribution is -2.30. The van der Waals surface area contributed by atoms with E-state index in [0.717, 1.165) is 11.1 Å². The maximum Gasteiger partial charge on any atom is 0.265 e. The molecule has 0 heterocycles. The Morgan fingerprint density at radius 3 is 2.59 bits per heavy atom. The van der Waals surface area contributed by atoms with Gasteiger partial charge in [0.15, 0.2) is 6.10 Å². The molecule has 0 aliphatic heterocycles. The molecule has 3 nitrogen and oxygen atoms in total. The van der Waals surface area contributed by atoms with Crippen molar-refractivity contribution in [3.8, 4) is 5.75 Å². The number of benzene rings is 2. The molecule has 0 saturated heterocycles. The number of hydrogen-bond acceptors (Lipinski definition) is 2. The van der Waals surface area contributed by atoms with Gasteiger partial charge >= 0.3 is 0 Å². The summed E-state index contributed by atoms with van der Waals surface area (Å²) < 4.78 is 5.72. The summed E-state index contributed by atoms with van der Waals surface area (Å²) in [4.78, 5) is 12.2. The number of anilines is 1. The molecule has 0 saturated carbocycles. The average molecular weight is 338 g/mol. The standard InChI is InChI=1S/C17H17Cl2NO2/c1-10-7-8-15(11(2)9-10)22-12(3)17(21)20-14-6-4-5-13(18)16(14)19/h4-9,12H,1-3H3,(H,20,21)/t12-/m0/s1. The Hall–Kier alpha value is -1.71. The molecular weight excluding hydrogens is 321 g/mol. The van der Waals surface area contributed by atoms with Gasteiger partial charge in [-0.1, -0.05) is 47.0 Å². The topological polar surface area (TPSA) is 38.3 Å². The molecule has 0 spiro atoms. The Kier molecular flexibility index (Phi) is 5.33. The minimum absolute atomic E-state index is 0.288. The van der Waals surface area contributed by atoms with E-state index < -0.39 is 6.10 Å². The van der Waals surface area contributed by atoms with Crippen molar-refractivity contribution in [3.05, 3.63) is 57.6 Å². The summed E-state index contributed by atoms with van der Waals surface area (Å²) in [5.41, 5.74) is 2.60. The summed E-state index contributed by atoms with van der Waals surface area (Å²) >= 11 is 12.0. The highest BCUT2D eigenvalue weighted by atomic mass is 35.5. The number of amides is 1. The van der Waals surface area contributed by atoms with E-state index in [-0.39, 0.29) is 5.91 Å². The number of rotatable bonds is 4. The Bertz CT molecular complexity index is 701. The Morgan fingerprint density at radius 2 is 1.91 bits per heavy atom. The molecule has 22 heavy (non-hydrogen) atoms. The van der Waals surface area contributed by atoms with Crippen LogP contribution in [-0.2, 0) is 4.79 Å². The fourth-order valence-electron chi connectivity index (χ4n) is 2.01. The predicted molar refractivity (Wildman–Crippen MR) is 91.1 cm³/mol.